The number of aryl methyl sites for hydroxylation is 1. The fourth-order valence-electron chi connectivity index (χ4n) is 2.91. The minimum atomic E-state index is -0.349. The number of hydrogen-bond acceptors (Lipinski definition) is 3. The molecule has 0 atom stereocenters. The third-order valence-electron chi connectivity index (χ3n) is 4.73. The fourth-order valence-corrected chi connectivity index (χ4v) is 2.91. The molecule has 0 aromatic heterocycles. The first-order valence-corrected chi connectivity index (χ1v) is 9.69. The van der Waals surface area contributed by atoms with E-state index in [-0.39, 0.29) is 30.7 Å². The zero-order valence-corrected chi connectivity index (χ0v) is 16.7. The van der Waals surface area contributed by atoms with Crippen LogP contribution in [0.25, 0.3) is 0 Å². The van der Waals surface area contributed by atoms with E-state index >= 15 is 0 Å². The number of carbonyl (C=O) groups excluding carboxylic acids is 2. The summed E-state index contributed by atoms with van der Waals surface area (Å²) in [6, 6.07) is 21.0. The van der Waals surface area contributed by atoms with Crippen LogP contribution in [0.5, 0.6) is 0 Å². The van der Waals surface area contributed by atoms with Gasteiger partial charge in [0.2, 0.25) is 5.91 Å². The second-order valence-electron chi connectivity index (χ2n) is 6.91. The quantitative estimate of drug-likeness (QED) is 0.534. The van der Waals surface area contributed by atoms with E-state index in [1.807, 2.05) is 31.2 Å². The van der Waals surface area contributed by atoms with Crippen molar-refractivity contribution in [1.82, 2.24) is 10.6 Å². The SMILES string of the molecule is Cc1ccccc1CNC(=O)CNc1ccc(C(=O)NCc2ccccc2F)cc1. The molecule has 0 aliphatic carbocycles. The lowest BCUT2D eigenvalue weighted by Crippen LogP contribution is -2.29. The topological polar surface area (TPSA) is 70.2 Å². The van der Waals surface area contributed by atoms with E-state index < -0.39 is 0 Å². The number of hydrogen-bond donors (Lipinski definition) is 3. The Hall–Kier alpha value is -3.67. The van der Waals surface area contributed by atoms with Crippen LogP contribution in [0.4, 0.5) is 10.1 Å². The average Bonchev–Trinajstić information content (AvgIpc) is 2.76. The Bertz CT molecular complexity index is 1020. The van der Waals surface area contributed by atoms with Gasteiger partial charge in [-0.1, -0.05) is 42.5 Å². The summed E-state index contributed by atoms with van der Waals surface area (Å²) in [5.41, 5.74) is 3.83. The third kappa shape index (κ3) is 5.91. The standard InChI is InChI=1S/C24H24FN3O2/c1-17-6-2-3-7-19(17)14-27-23(29)16-26-21-12-10-18(11-13-21)24(30)28-15-20-8-4-5-9-22(20)25/h2-13,26H,14-16H2,1H3,(H,27,29)(H,28,30). The van der Waals surface area contributed by atoms with E-state index in [0.717, 1.165) is 16.8 Å². The van der Waals surface area contributed by atoms with Gasteiger partial charge in [0.05, 0.1) is 6.54 Å². The Balaban J connectivity index is 1.44. The molecule has 0 spiro atoms. The number of amides is 2. The molecular formula is C24H24FN3O2. The molecule has 0 saturated carbocycles. The van der Waals surface area contributed by atoms with Gasteiger partial charge in [-0.15, -0.1) is 0 Å². The van der Waals surface area contributed by atoms with Crippen molar-refractivity contribution >= 4 is 17.5 Å². The minimum Gasteiger partial charge on any atom is -0.376 e. The Kier molecular flexibility index (Phi) is 7.16. The summed E-state index contributed by atoms with van der Waals surface area (Å²) in [5, 5.41) is 8.61. The van der Waals surface area contributed by atoms with Gasteiger partial charge in [0.15, 0.2) is 0 Å². The smallest absolute Gasteiger partial charge is 0.251 e. The normalized spacial score (nSPS) is 10.3. The van der Waals surface area contributed by atoms with Crippen molar-refractivity contribution in [1.29, 1.82) is 0 Å². The summed E-state index contributed by atoms with van der Waals surface area (Å²) < 4.78 is 13.6. The van der Waals surface area contributed by atoms with Gasteiger partial charge in [-0.05, 0) is 48.4 Å². The van der Waals surface area contributed by atoms with Gasteiger partial charge in [-0.2, -0.15) is 0 Å². The van der Waals surface area contributed by atoms with Crippen molar-refractivity contribution < 1.29 is 14.0 Å². The molecule has 3 N–H and O–H groups in total. The highest BCUT2D eigenvalue weighted by atomic mass is 19.1. The Morgan fingerprint density at radius 2 is 1.43 bits per heavy atom. The van der Waals surface area contributed by atoms with Gasteiger partial charge < -0.3 is 16.0 Å². The van der Waals surface area contributed by atoms with Crippen LogP contribution in [0.1, 0.15) is 27.0 Å². The molecule has 3 rings (SSSR count). The van der Waals surface area contributed by atoms with Gasteiger partial charge >= 0.3 is 0 Å². The Morgan fingerprint density at radius 3 is 2.13 bits per heavy atom. The van der Waals surface area contributed by atoms with E-state index in [1.54, 1.807) is 42.5 Å². The summed E-state index contributed by atoms with van der Waals surface area (Å²) in [5.74, 6) is -0.760. The van der Waals surface area contributed by atoms with Crippen molar-refractivity contribution in [3.8, 4) is 0 Å². The van der Waals surface area contributed by atoms with Crippen molar-refractivity contribution in [3.05, 3.63) is 101 Å². The summed E-state index contributed by atoms with van der Waals surface area (Å²) in [4.78, 5) is 24.3. The molecule has 3 aromatic rings. The molecule has 0 fully saturated rings. The average molecular weight is 405 g/mol. The number of nitrogens with one attached hydrogen (secondary N) is 3. The summed E-state index contributed by atoms with van der Waals surface area (Å²) in [6.07, 6.45) is 0. The van der Waals surface area contributed by atoms with Gasteiger partial charge in [0.1, 0.15) is 5.82 Å². The predicted octanol–water partition coefficient (Wildman–Crippen LogP) is 3.79. The molecule has 0 radical (unpaired) electrons. The van der Waals surface area contributed by atoms with Crippen molar-refractivity contribution in [3.63, 3.8) is 0 Å². The van der Waals surface area contributed by atoms with E-state index in [2.05, 4.69) is 16.0 Å². The molecule has 3 aromatic carbocycles. The Labute approximate surface area is 175 Å². The second-order valence-corrected chi connectivity index (χ2v) is 6.91. The van der Waals surface area contributed by atoms with Crippen LogP contribution in [0.15, 0.2) is 72.8 Å². The number of anilines is 1. The van der Waals surface area contributed by atoms with Crippen LogP contribution in [0.2, 0.25) is 0 Å². The number of benzene rings is 3. The van der Waals surface area contributed by atoms with E-state index in [0.29, 0.717) is 17.7 Å². The van der Waals surface area contributed by atoms with E-state index in [9.17, 15) is 14.0 Å². The molecule has 5 nitrogen and oxygen atoms in total. The highest BCUT2D eigenvalue weighted by Gasteiger charge is 2.08. The molecule has 2 amide bonds. The number of rotatable bonds is 8. The largest absolute Gasteiger partial charge is 0.376 e. The molecule has 0 aliphatic heterocycles. The maximum atomic E-state index is 13.6. The molecule has 154 valence electrons. The van der Waals surface area contributed by atoms with E-state index in [4.69, 9.17) is 0 Å². The van der Waals surface area contributed by atoms with Crippen molar-refractivity contribution in [2.24, 2.45) is 0 Å². The van der Waals surface area contributed by atoms with Crippen molar-refractivity contribution in [2.75, 3.05) is 11.9 Å². The summed E-state index contributed by atoms with van der Waals surface area (Å²) in [6.45, 7) is 2.74. The van der Waals surface area contributed by atoms with Crippen LogP contribution in [-0.4, -0.2) is 18.4 Å². The number of carbonyl (C=O) groups is 2. The monoisotopic (exact) mass is 405 g/mol. The van der Waals surface area contributed by atoms with Gasteiger partial charge in [-0.3, -0.25) is 9.59 Å². The highest BCUT2D eigenvalue weighted by molar-refractivity contribution is 5.94. The van der Waals surface area contributed by atoms with Crippen LogP contribution >= 0.6 is 0 Å². The molecule has 0 saturated heterocycles. The summed E-state index contributed by atoms with van der Waals surface area (Å²) >= 11 is 0. The lowest BCUT2D eigenvalue weighted by atomic mass is 10.1. The highest BCUT2D eigenvalue weighted by Crippen LogP contribution is 2.11. The van der Waals surface area contributed by atoms with Gasteiger partial charge in [0, 0.05) is 29.9 Å². The lowest BCUT2D eigenvalue weighted by Gasteiger charge is -2.10. The fraction of sp³-hybridized carbons (Fsp3) is 0.167. The minimum absolute atomic E-state index is 0.118. The maximum absolute atomic E-state index is 13.6. The first-order valence-electron chi connectivity index (χ1n) is 9.69. The molecular weight excluding hydrogens is 381 g/mol. The molecule has 6 heteroatoms. The first-order chi connectivity index (χ1) is 14.5. The van der Waals surface area contributed by atoms with Crippen LogP contribution in [0, 0.1) is 12.7 Å². The third-order valence-corrected chi connectivity index (χ3v) is 4.73. The Morgan fingerprint density at radius 1 is 0.800 bits per heavy atom. The molecule has 0 aliphatic rings. The van der Waals surface area contributed by atoms with E-state index in [1.165, 1.54) is 6.07 Å². The van der Waals surface area contributed by atoms with Gasteiger partial charge in [0.25, 0.3) is 5.91 Å². The zero-order chi connectivity index (χ0) is 21.3. The van der Waals surface area contributed by atoms with Crippen LogP contribution < -0.4 is 16.0 Å². The van der Waals surface area contributed by atoms with Crippen LogP contribution in [-0.2, 0) is 17.9 Å². The predicted molar refractivity (Wildman–Crippen MR) is 116 cm³/mol. The van der Waals surface area contributed by atoms with Gasteiger partial charge in [-0.25, -0.2) is 4.39 Å². The summed E-state index contributed by atoms with van der Waals surface area (Å²) in [7, 11) is 0. The maximum Gasteiger partial charge on any atom is 0.251 e. The molecule has 30 heavy (non-hydrogen) atoms. The zero-order valence-electron chi connectivity index (χ0n) is 16.7. The number of halogens is 1. The van der Waals surface area contributed by atoms with Crippen molar-refractivity contribution in [2.45, 2.75) is 20.0 Å². The van der Waals surface area contributed by atoms with Crippen LogP contribution in [0.3, 0.4) is 0 Å². The lowest BCUT2D eigenvalue weighted by molar-refractivity contribution is -0.119. The molecule has 0 heterocycles. The molecule has 0 bridgehead atoms. The second kappa shape index (κ2) is 10.2. The first kappa shape index (κ1) is 21.0. The molecule has 0 unspecified atom stereocenters.